The third-order valence-electron chi connectivity index (χ3n) is 3.26. The monoisotopic (exact) mass is 222 g/mol. The topological polar surface area (TPSA) is 66.0 Å². The van der Waals surface area contributed by atoms with Crippen molar-refractivity contribution in [3.05, 3.63) is 17.7 Å². The average molecular weight is 222 g/mol. The van der Waals surface area contributed by atoms with E-state index in [1.54, 1.807) is 0 Å². The Labute approximate surface area is 95.1 Å². The highest BCUT2D eigenvalue weighted by molar-refractivity contribution is 5.68. The van der Waals surface area contributed by atoms with Gasteiger partial charge in [0.2, 0.25) is 0 Å². The minimum Gasteiger partial charge on any atom is -0.481 e. The van der Waals surface area contributed by atoms with Gasteiger partial charge in [-0.3, -0.25) is 4.79 Å². The lowest BCUT2D eigenvalue weighted by Crippen LogP contribution is -2.03. The molecule has 1 aromatic heterocycles. The first-order valence-electron chi connectivity index (χ1n) is 6.01. The maximum atomic E-state index is 10.5. The lowest BCUT2D eigenvalue weighted by Gasteiger charge is -2.10. The molecule has 0 saturated heterocycles. The van der Waals surface area contributed by atoms with Gasteiger partial charge in [0.15, 0.2) is 0 Å². The SMILES string of the molecule is O=C(O)Cc1ncc(C2CCCCCC2)[nH]1. The van der Waals surface area contributed by atoms with Gasteiger partial charge in [0, 0.05) is 17.8 Å². The third kappa shape index (κ3) is 2.84. The molecule has 16 heavy (non-hydrogen) atoms. The molecule has 0 unspecified atom stereocenters. The smallest absolute Gasteiger partial charge is 0.311 e. The molecule has 4 heteroatoms. The van der Waals surface area contributed by atoms with E-state index in [9.17, 15) is 4.79 Å². The van der Waals surface area contributed by atoms with Gasteiger partial charge < -0.3 is 10.1 Å². The Morgan fingerprint density at radius 1 is 1.38 bits per heavy atom. The molecule has 1 aliphatic carbocycles. The number of hydrogen-bond acceptors (Lipinski definition) is 2. The Balaban J connectivity index is 2.02. The van der Waals surface area contributed by atoms with E-state index in [4.69, 9.17) is 5.11 Å². The van der Waals surface area contributed by atoms with Gasteiger partial charge in [-0.05, 0) is 12.8 Å². The quantitative estimate of drug-likeness (QED) is 0.772. The molecule has 1 aliphatic rings. The standard InChI is InChI=1S/C12H18N2O2/c15-12(16)7-11-13-8-10(14-11)9-5-3-1-2-4-6-9/h8-9H,1-7H2,(H,13,14)(H,15,16). The summed E-state index contributed by atoms with van der Waals surface area (Å²) in [5.41, 5.74) is 1.12. The normalized spacial score (nSPS) is 18.2. The van der Waals surface area contributed by atoms with Crippen LogP contribution in [0.1, 0.15) is 56.0 Å². The number of aliphatic carboxylic acids is 1. The summed E-state index contributed by atoms with van der Waals surface area (Å²) in [4.78, 5) is 17.8. The maximum absolute atomic E-state index is 10.5. The van der Waals surface area contributed by atoms with Gasteiger partial charge in [0.05, 0.1) is 0 Å². The number of imidazole rings is 1. The van der Waals surface area contributed by atoms with Crippen molar-refractivity contribution in [3.63, 3.8) is 0 Å². The molecule has 2 N–H and O–H groups in total. The van der Waals surface area contributed by atoms with E-state index in [2.05, 4.69) is 9.97 Å². The molecular formula is C12H18N2O2. The largest absolute Gasteiger partial charge is 0.481 e. The van der Waals surface area contributed by atoms with Gasteiger partial charge in [0.25, 0.3) is 0 Å². The van der Waals surface area contributed by atoms with Gasteiger partial charge in [-0.15, -0.1) is 0 Å². The minimum atomic E-state index is -0.832. The Hall–Kier alpha value is -1.32. The molecule has 1 heterocycles. The zero-order valence-corrected chi connectivity index (χ0v) is 9.41. The molecule has 0 atom stereocenters. The van der Waals surface area contributed by atoms with Crippen molar-refractivity contribution in [2.75, 3.05) is 0 Å². The Kier molecular flexibility index (Phi) is 3.59. The number of carbonyl (C=O) groups is 1. The summed E-state index contributed by atoms with van der Waals surface area (Å²) in [7, 11) is 0. The van der Waals surface area contributed by atoms with Crippen LogP contribution in [-0.4, -0.2) is 21.0 Å². The Morgan fingerprint density at radius 3 is 2.69 bits per heavy atom. The molecule has 4 nitrogen and oxygen atoms in total. The summed E-state index contributed by atoms with van der Waals surface area (Å²) in [6.45, 7) is 0. The van der Waals surface area contributed by atoms with E-state index in [1.165, 1.54) is 38.5 Å². The Bertz CT molecular complexity index is 352. The van der Waals surface area contributed by atoms with Crippen LogP contribution in [0.5, 0.6) is 0 Å². The maximum Gasteiger partial charge on any atom is 0.311 e. The fourth-order valence-corrected chi connectivity index (χ4v) is 2.41. The third-order valence-corrected chi connectivity index (χ3v) is 3.26. The van der Waals surface area contributed by atoms with Crippen molar-refractivity contribution in [1.82, 2.24) is 9.97 Å². The van der Waals surface area contributed by atoms with Gasteiger partial charge in [-0.25, -0.2) is 4.98 Å². The molecule has 0 aliphatic heterocycles. The number of rotatable bonds is 3. The first kappa shape index (κ1) is 11.2. The molecule has 0 amide bonds. The second kappa shape index (κ2) is 5.14. The van der Waals surface area contributed by atoms with Crippen LogP contribution in [0.4, 0.5) is 0 Å². The van der Waals surface area contributed by atoms with Crippen LogP contribution >= 0.6 is 0 Å². The molecule has 0 bridgehead atoms. The van der Waals surface area contributed by atoms with E-state index in [0.717, 1.165) is 5.69 Å². The van der Waals surface area contributed by atoms with Gasteiger partial charge >= 0.3 is 5.97 Å². The molecule has 1 fully saturated rings. The fraction of sp³-hybridized carbons (Fsp3) is 0.667. The molecule has 1 saturated carbocycles. The van der Waals surface area contributed by atoms with Crippen LogP contribution in [0.2, 0.25) is 0 Å². The second-order valence-corrected chi connectivity index (χ2v) is 4.54. The predicted octanol–water partition coefficient (Wildman–Crippen LogP) is 2.47. The number of H-pyrrole nitrogens is 1. The zero-order chi connectivity index (χ0) is 11.4. The molecule has 0 aromatic carbocycles. The van der Waals surface area contributed by atoms with Crippen LogP contribution in [0.25, 0.3) is 0 Å². The van der Waals surface area contributed by atoms with Crippen molar-refractivity contribution in [1.29, 1.82) is 0 Å². The molecule has 0 spiro atoms. The first-order valence-corrected chi connectivity index (χ1v) is 6.01. The molecule has 0 radical (unpaired) electrons. The van der Waals surface area contributed by atoms with Gasteiger partial charge in [-0.1, -0.05) is 25.7 Å². The highest BCUT2D eigenvalue weighted by Gasteiger charge is 2.16. The molecule has 1 aromatic rings. The lowest BCUT2D eigenvalue weighted by atomic mass is 9.97. The van der Waals surface area contributed by atoms with Gasteiger partial charge in [-0.2, -0.15) is 0 Å². The summed E-state index contributed by atoms with van der Waals surface area (Å²) in [5.74, 6) is 0.297. The minimum absolute atomic E-state index is 0.00722. The van der Waals surface area contributed by atoms with E-state index in [0.29, 0.717) is 11.7 Å². The summed E-state index contributed by atoms with van der Waals surface area (Å²) in [5, 5.41) is 8.67. The highest BCUT2D eigenvalue weighted by Crippen LogP contribution is 2.30. The van der Waals surface area contributed by atoms with E-state index < -0.39 is 5.97 Å². The number of nitrogens with zero attached hydrogens (tertiary/aromatic N) is 1. The molecule has 88 valence electrons. The van der Waals surface area contributed by atoms with Gasteiger partial charge in [0.1, 0.15) is 12.2 Å². The fourth-order valence-electron chi connectivity index (χ4n) is 2.41. The number of hydrogen-bond donors (Lipinski definition) is 2. The van der Waals surface area contributed by atoms with Crippen LogP contribution in [0.3, 0.4) is 0 Å². The van der Waals surface area contributed by atoms with Crippen molar-refractivity contribution in [3.8, 4) is 0 Å². The molecule has 2 rings (SSSR count). The van der Waals surface area contributed by atoms with Crippen molar-refractivity contribution >= 4 is 5.97 Å². The van der Waals surface area contributed by atoms with Crippen molar-refractivity contribution in [2.24, 2.45) is 0 Å². The second-order valence-electron chi connectivity index (χ2n) is 4.54. The van der Waals surface area contributed by atoms with Crippen LogP contribution in [-0.2, 0) is 11.2 Å². The van der Waals surface area contributed by atoms with E-state index in [-0.39, 0.29) is 6.42 Å². The number of aromatic amines is 1. The number of aromatic nitrogens is 2. The zero-order valence-electron chi connectivity index (χ0n) is 9.41. The Morgan fingerprint density at radius 2 is 2.06 bits per heavy atom. The van der Waals surface area contributed by atoms with E-state index >= 15 is 0 Å². The summed E-state index contributed by atoms with van der Waals surface area (Å²) in [6, 6.07) is 0. The summed E-state index contributed by atoms with van der Waals surface area (Å²) >= 11 is 0. The average Bonchev–Trinajstić information content (AvgIpc) is 2.53. The first-order chi connectivity index (χ1) is 7.75. The summed E-state index contributed by atoms with van der Waals surface area (Å²) in [6.07, 6.45) is 9.42. The number of carboxylic acid groups (broad SMARTS) is 1. The highest BCUT2D eigenvalue weighted by atomic mass is 16.4. The molecular weight excluding hydrogens is 204 g/mol. The van der Waals surface area contributed by atoms with Crippen LogP contribution < -0.4 is 0 Å². The van der Waals surface area contributed by atoms with Crippen molar-refractivity contribution < 1.29 is 9.90 Å². The number of carboxylic acids is 1. The number of nitrogens with one attached hydrogen (secondary N) is 1. The van der Waals surface area contributed by atoms with Crippen molar-refractivity contribution in [2.45, 2.75) is 50.9 Å². The summed E-state index contributed by atoms with van der Waals surface area (Å²) < 4.78 is 0. The van der Waals surface area contributed by atoms with Crippen LogP contribution in [0.15, 0.2) is 6.20 Å². The van der Waals surface area contributed by atoms with E-state index in [1.807, 2.05) is 6.20 Å². The lowest BCUT2D eigenvalue weighted by molar-refractivity contribution is -0.136. The van der Waals surface area contributed by atoms with Crippen LogP contribution in [0, 0.1) is 0 Å². The predicted molar refractivity (Wildman–Crippen MR) is 60.4 cm³/mol.